The largest absolute Gasteiger partial charge is 0.295 e. The van der Waals surface area contributed by atoms with E-state index >= 15 is 0 Å². The Hall–Kier alpha value is -0.590. The molecule has 0 saturated carbocycles. The fraction of sp³-hybridized carbons (Fsp3) is 0.727. The first-order chi connectivity index (χ1) is 5.69. The smallest absolute Gasteiger partial charge is 0.158 e. The van der Waals surface area contributed by atoms with E-state index in [4.69, 9.17) is 0 Å². The first kappa shape index (κ1) is 9.50. The average Bonchev–Trinajstić information content (AvgIpc) is 2.08. The van der Waals surface area contributed by atoms with E-state index in [0.29, 0.717) is 17.6 Å². The van der Waals surface area contributed by atoms with Gasteiger partial charge < -0.3 is 0 Å². The maximum Gasteiger partial charge on any atom is 0.158 e. The number of carbonyl (C=O) groups excluding carboxylic acids is 1. The normalized spacial score (nSPS) is 30.2. The van der Waals surface area contributed by atoms with Crippen molar-refractivity contribution >= 4 is 5.78 Å². The van der Waals surface area contributed by atoms with Crippen LogP contribution in [-0.2, 0) is 4.79 Å². The van der Waals surface area contributed by atoms with Crippen molar-refractivity contribution in [1.82, 2.24) is 0 Å². The van der Waals surface area contributed by atoms with Gasteiger partial charge in [-0.05, 0) is 23.8 Å². The molecule has 0 radical (unpaired) electrons. The van der Waals surface area contributed by atoms with Gasteiger partial charge in [0.2, 0.25) is 0 Å². The van der Waals surface area contributed by atoms with Gasteiger partial charge in [0.25, 0.3) is 0 Å². The third kappa shape index (κ3) is 1.77. The Morgan fingerprint density at radius 1 is 1.50 bits per heavy atom. The fourth-order valence-corrected chi connectivity index (χ4v) is 1.93. The van der Waals surface area contributed by atoms with E-state index in [0.717, 1.165) is 24.8 Å². The van der Waals surface area contributed by atoms with E-state index in [9.17, 15) is 4.79 Å². The molecule has 0 N–H and O–H groups in total. The molecular formula is C11H18O. The van der Waals surface area contributed by atoms with Gasteiger partial charge in [0.05, 0.1) is 0 Å². The molecule has 1 aliphatic rings. The van der Waals surface area contributed by atoms with Crippen LogP contribution in [0.1, 0.15) is 40.0 Å². The summed E-state index contributed by atoms with van der Waals surface area (Å²) in [5, 5.41) is 0. The zero-order valence-electron chi connectivity index (χ0n) is 8.26. The van der Waals surface area contributed by atoms with Crippen LogP contribution in [0.25, 0.3) is 0 Å². The summed E-state index contributed by atoms with van der Waals surface area (Å²) in [4.78, 5) is 11.5. The van der Waals surface area contributed by atoms with Crippen molar-refractivity contribution in [2.45, 2.75) is 40.0 Å². The molecule has 2 unspecified atom stereocenters. The van der Waals surface area contributed by atoms with Gasteiger partial charge >= 0.3 is 0 Å². The summed E-state index contributed by atoms with van der Waals surface area (Å²) in [6.45, 7) is 6.44. The standard InChI is InChI=1S/C11H18O/c1-4-9-7-11(12)10(5-2)6-8(9)3/h6,8-9H,4-5,7H2,1-3H3. The van der Waals surface area contributed by atoms with Crippen molar-refractivity contribution in [3.05, 3.63) is 11.6 Å². The molecule has 2 atom stereocenters. The molecule has 68 valence electrons. The molecule has 0 bridgehead atoms. The van der Waals surface area contributed by atoms with Crippen LogP contribution in [0.3, 0.4) is 0 Å². The SMILES string of the molecule is CCC1=CC(C)C(CC)CC1=O. The lowest BCUT2D eigenvalue weighted by Crippen LogP contribution is -2.21. The topological polar surface area (TPSA) is 17.1 Å². The summed E-state index contributed by atoms with van der Waals surface area (Å²) in [7, 11) is 0. The van der Waals surface area contributed by atoms with Crippen molar-refractivity contribution < 1.29 is 4.79 Å². The first-order valence-electron chi connectivity index (χ1n) is 4.92. The average molecular weight is 166 g/mol. The molecule has 0 aliphatic heterocycles. The van der Waals surface area contributed by atoms with Gasteiger partial charge in [0, 0.05) is 6.42 Å². The van der Waals surface area contributed by atoms with E-state index in [2.05, 4.69) is 26.8 Å². The van der Waals surface area contributed by atoms with Gasteiger partial charge in [-0.15, -0.1) is 0 Å². The Labute approximate surface area is 74.9 Å². The number of ketones is 1. The minimum Gasteiger partial charge on any atom is -0.295 e. The zero-order chi connectivity index (χ0) is 9.14. The summed E-state index contributed by atoms with van der Waals surface area (Å²) in [5.74, 6) is 1.57. The number of hydrogen-bond acceptors (Lipinski definition) is 1. The van der Waals surface area contributed by atoms with Gasteiger partial charge in [-0.1, -0.05) is 33.3 Å². The summed E-state index contributed by atoms with van der Waals surface area (Å²) < 4.78 is 0. The summed E-state index contributed by atoms with van der Waals surface area (Å²) in [5.41, 5.74) is 1.05. The summed E-state index contributed by atoms with van der Waals surface area (Å²) >= 11 is 0. The number of allylic oxidation sites excluding steroid dienone is 2. The molecule has 1 rings (SSSR count). The third-order valence-electron chi connectivity index (χ3n) is 2.92. The molecule has 0 heterocycles. The molecular weight excluding hydrogens is 148 g/mol. The summed E-state index contributed by atoms with van der Waals surface area (Å²) in [6.07, 6.45) is 4.97. The first-order valence-corrected chi connectivity index (χ1v) is 4.92. The molecule has 0 fully saturated rings. The second-order valence-electron chi connectivity index (χ2n) is 3.70. The van der Waals surface area contributed by atoms with Crippen LogP contribution in [-0.4, -0.2) is 5.78 Å². The van der Waals surface area contributed by atoms with Crippen LogP contribution < -0.4 is 0 Å². The lowest BCUT2D eigenvalue weighted by atomic mass is 9.79. The van der Waals surface area contributed by atoms with E-state index < -0.39 is 0 Å². The molecule has 12 heavy (non-hydrogen) atoms. The Morgan fingerprint density at radius 2 is 2.17 bits per heavy atom. The fourth-order valence-electron chi connectivity index (χ4n) is 1.93. The quantitative estimate of drug-likeness (QED) is 0.616. The molecule has 0 aromatic rings. The van der Waals surface area contributed by atoms with Gasteiger partial charge in [0.15, 0.2) is 5.78 Å². The van der Waals surface area contributed by atoms with Gasteiger partial charge in [-0.2, -0.15) is 0 Å². The minimum absolute atomic E-state index is 0.377. The summed E-state index contributed by atoms with van der Waals surface area (Å²) in [6, 6.07) is 0. The van der Waals surface area contributed by atoms with E-state index in [-0.39, 0.29) is 0 Å². The second-order valence-corrected chi connectivity index (χ2v) is 3.70. The van der Waals surface area contributed by atoms with Crippen molar-refractivity contribution in [2.24, 2.45) is 11.8 Å². The highest BCUT2D eigenvalue weighted by molar-refractivity contribution is 5.96. The van der Waals surface area contributed by atoms with Crippen molar-refractivity contribution in [1.29, 1.82) is 0 Å². The van der Waals surface area contributed by atoms with Crippen molar-refractivity contribution in [3.63, 3.8) is 0 Å². The predicted octanol–water partition coefficient (Wildman–Crippen LogP) is 2.96. The van der Waals surface area contributed by atoms with Crippen LogP contribution in [0.2, 0.25) is 0 Å². The van der Waals surface area contributed by atoms with Gasteiger partial charge in [0.1, 0.15) is 0 Å². The highest BCUT2D eigenvalue weighted by atomic mass is 16.1. The van der Waals surface area contributed by atoms with Gasteiger partial charge in [-0.3, -0.25) is 4.79 Å². The molecule has 1 nitrogen and oxygen atoms in total. The Kier molecular flexibility index (Phi) is 3.07. The van der Waals surface area contributed by atoms with Gasteiger partial charge in [-0.25, -0.2) is 0 Å². The van der Waals surface area contributed by atoms with Crippen LogP contribution >= 0.6 is 0 Å². The Bertz CT molecular complexity index is 203. The maximum atomic E-state index is 11.5. The molecule has 1 heteroatoms. The van der Waals surface area contributed by atoms with E-state index in [1.165, 1.54) is 0 Å². The Balaban J connectivity index is 2.76. The zero-order valence-corrected chi connectivity index (χ0v) is 8.26. The van der Waals surface area contributed by atoms with Crippen LogP contribution in [0, 0.1) is 11.8 Å². The van der Waals surface area contributed by atoms with E-state index in [1.807, 2.05) is 0 Å². The number of hydrogen-bond donors (Lipinski definition) is 0. The molecule has 0 amide bonds. The second kappa shape index (κ2) is 3.88. The molecule has 0 spiro atoms. The van der Waals surface area contributed by atoms with E-state index in [1.54, 1.807) is 0 Å². The molecule has 0 aromatic carbocycles. The minimum atomic E-state index is 0.377. The predicted molar refractivity (Wildman–Crippen MR) is 50.9 cm³/mol. The van der Waals surface area contributed by atoms with Crippen LogP contribution in [0.4, 0.5) is 0 Å². The van der Waals surface area contributed by atoms with Crippen LogP contribution in [0.5, 0.6) is 0 Å². The number of rotatable bonds is 2. The van der Waals surface area contributed by atoms with Crippen molar-refractivity contribution in [3.8, 4) is 0 Å². The third-order valence-corrected chi connectivity index (χ3v) is 2.92. The lowest BCUT2D eigenvalue weighted by Gasteiger charge is -2.25. The number of Topliss-reactive ketones (excluding diaryl/α,β-unsaturated/α-hetero) is 1. The molecule has 0 saturated heterocycles. The highest BCUT2D eigenvalue weighted by Gasteiger charge is 2.24. The highest BCUT2D eigenvalue weighted by Crippen LogP contribution is 2.29. The molecule has 1 aliphatic carbocycles. The monoisotopic (exact) mass is 166 g/mol. The maximum absolute atomic E-state index is 11.5. The number of carbonyl (C=O) groups is 1. The van der Waals surface area contributed by atoms with Crippen molar-refractivity contribution in [2.75, 3.05) is 0 Å². The molecule has 0 aromatic heterocycles. The lowest BCUT2D eigenvalue weighted by molar-refractivity contribution is -0.117. The Morgan fingerprint density at radius 3 is 2.67 bits per heavy atom. The van der Waals surface area contributed by atoms with Crippen LogP contribution in [0.15, 0.2) is 11.6 Å².